The fraction of sp³-hybridized carbons (Fsp3) is 0. The fourth-order valence-corrected chi connectivity index (χ4v) is 2.12. The first kappa shape index (κ1) is 14.1. The number of benzene rings is 2. The van der Waals surface area contributed by atoms with Crippen molar-refractivity contribution in [2.24, 2.45) is 0 Å². The summed E-state index contributed by atoms with van der Waals surface area (Å²) in [7, 11) is 0. The Bertz CT molecular complexity index is 663. The van der Waals surface area contributed by atoms with E-state index in [1.54, 1.807) is 42.5 Å². The number of carbonyl (C=O) groups excluding carboxylic acids is 1. The second-order valence-electron chi connectivity index (χ2n) is 4.04. The Balaban J connectivity index is 2.22. The smallest absolute Gasteiger partial charge is 0.269 e. The lowest BCUT2D eigenvalue weighted by molar-refractivity contribution is -0.384. The zero-order chi connectivity index (χ0) is 14.5. The number of nitro groups is 1. The lowest BCUT2D eigenvalue weighted by Gasteiger charge is -2.00. The van der Waals surface area contributed by atoms with E-state index in [1.165, 1.54) is 12.1 Å². The summed E-state index contributed by atoms with van der Waals surface area (Å²) in [4.78, 5) is 22.2. The van der Waals surface area contributed by atoms with Crippen LogP contribution in [0, 0.1) is 10.1 Å². The number of nitro benzene ring substituents is 1. The molecule has 0 atom stereocenters. The molecule has 0 aliphatic carbocycles. The molecule has 0 N–H and O–H groups in total. The first-order valence-corrected chi connectivity index (χ1v) is 6.58. The van der Waals surface area contributed by atoms with Gasteiger partial charge in [-0.3, -0.25) is 14.9 Å². The minimum atomic E-state index is -0.461. The van der Waals surface area contributed by atoms with Gasteiger partial charge in [0.15, 0.2) is 5.78 Å². The molecule has 0 bridgehead atoms. The number of rotatable bonds is 4. The van der Waals surface area contributed by atoms with Gasteiger partial charge in [0.1, 0.15) is 0 Å². The van der Waals surface area contributed by atoms with E-state index in [1.807, 2.05) is 6.07 Å². The van der Waals surface area contributed by atoms with Crippen LogP contribution < -0.4 is 0 Å². The van der Waals surface area contributed by atoms with E-state index < -0.39 is 4.92 Å². The molecule has 0 aromatic heterocycles. The molecule has 2 rings (SSSR count). The van der Waals surface area contributed by atoms with Gasteiger partial charge in [0.25, 0.3) is 5.69 Å². The molecule has 0 fully saturated rings. The average molecular weight is 332 g/mol. The summed E-state index contributed by atoms with van der Waals surface area (Å²) in [6.07, 6.45) is 1.64. The Labute approximate surface area is 124 Å². The summed E-state index contributed by atoms with van der Waals surface area (Å²) in [6.45, 7) is 0. The first-order chi connectivity index (χ1) is 9.58. The summed E-state index contributed by atoms with van der Waals surface area (Å²) < 4.78 is 0.401. The molecular weight excluding hydrogens is 322 g/mol. The second kappa shape index (κ2) is 6.25. The van der Waals surface area contributed by atoms with Crippen LogP contribution in [0.15, 0.2) is 59.1 Å². The molecule has 0 amide bonds. The van der Waals surface area contributed by atoms with Crippen LogP contribution >= 0.6 is 15.9 Å². The highest BCUT2D eigenvalue weighted by molar-refractivity contribution is 9.12. The highest BCUT2D eigenvalue weighted by Crippen LogP contribution is 2.19. The Morgan fingerprint density at radius 2 is 1.65 bits per heavy atom. The van der Waals surface area contributed by atoms with Gasteiger partial charge < -0.3 is 0 Å². The Morgan fingerprint density at radius 3 is 2.20 bits per heavy atom. The topological polar surface area (TPSA) is 60.2 Å². The first-order valence-electron chi connectivity index (χ1n) is 5.79. The number of hydrogen-bond acceptors (Lipinski definition) is 3. The molecule has 0 saturated heterocycles. The third-order valence-corrected chi connectivity index (χ3v) is 3.24. The van der Waals surface area contributed by atoms with Crippen molar-refractivity contribution < 1.29 is 9.72 Å². The van der Waals surface area contributed by atoms with Crippen molar-refractivity contribution >= 4 is 33.5 Å². The van der Waals surface area contributed by atoms with Crippen molar-refractivity contribution in [3.8, 4) is 0 Å². The van der Waals surface area contributed by atoms with E-state index in [4.69, 9.17) is 0 Å². The summed E-state index contributed by atoms with van der Waals surface area (Å²) >= 11 is 3.24. The van der Waals surface area contributed by atoms with Crippen LogP contribution in [0.5, 0.6) is 0 Å². The van der Waals surface area contributed by atoms with E-state index in [-0.39, 0.29) is 11.5 Å². The van der Waals surface area contributed by atoms with Crippen LogP contribution in [-0.4, -0.2) is 10.7 Å². The molecule has 100 valence electrons. The van der Waals surface area contributed by atoms with Crippen molar-refractivity contribution in [3.05, 3.63) is 80.3 Å². The molecule has 2 aromatic carbocycles. The number of hydrogen-bond donors (Lipinski definition) is 0. The van der Waals surface area contributed by atoms with E-state index >= 15 is 0 Å². The monoisotopic (exact) mass is 331 g/mol. The molecule has 0 saturated carbocycles. The largest absolute Gasteiger partial charge is 0.288 e. The Hall–Kier alpha value is -2.27. The molecule has 0 spiro atoms. The van der Waals surface area contributed by atoms with Crippen LogP contribution in [0.3, 0.4) is 0 Å². The minimum Gasteiger partial charge on any atom is -0.288 e. The highest BCUT2D eigenvalue weighted by atomic mass is 79.9. The minimum absolute atomic E-state index is 0.0210. The Kier molecular flexibility index (Phi) is 4.42. The lowest BCUT2D eigenvalue weighted by Crippen LogP contribution is -1.97. The third-order valence-electron chi connectivity index (χ3n) is 2.65. The number of non-ortho nitro benzene ring substituents is 1. The van der Waals surface area contributed by atoms with Crippen LogP contribution in [0.2, 0.25) is 0 Å². The predicted octanol–water partition coefficient (Wildman–Crippen LogP) is 4.21. The number of carbonyl (C=O) groups is 1. The van der Waals surface area contributed by atoms with Crippen LogP contribution in [0.4, 0.5) is 5.69 Å². The number of allylic oxidation sites excluding steroid dienone is 1. The summed E-state index contributed by atoms with van der Waals surface area (Å²) in [6, 6.07) is 14.9. The van der Waals surface area contributed by atoms with Gasteiger partial charge >= 0.3 is 0 Å². The van der Waals surface area contributed by atoms with Gasteiger partial charge in [0, 0.05) is 17.7 Å². The molecule has 20 heavy (non-hydrogen) atoms. The SMILES string of the molecule is O=C(C(Br)=Cc1ccc([N+](=O)[O-])cc1)c1ccccc1. The van der Waals surface area contributed by atoms with E-state index in [0.717, 1.165) is 0 Å². The predicted molar refractivity (Wildman–Crippen MR) is 80.8 cm³/mol. The molecule has 5 heteroatoms. The molecule has 0 heterocycles. The average Bonchev–Trinajstić information content (AvgIpc) is 2.48. The maximum Gasteiger partial charge on any atom is 0.269 e. The van der Waals surface area contributed by atoms with Crippen LogP contribution in [-0.2, 0) is 0 Å². The quantitative estimate of drug-likeness (QED) is 0.365. The molecule has 2 aromatic rings. The third kappa shape index (κ3) is 3.39. The summed E-state index contributed by atoms with van der Waals surface area (Å²) in [5.41, 5.74) is 1.32. The zero-order valence-corrected chi connectivity index (χ0v) is 11.9. The number of Topliss-reactive ketones (excluding diaryl/α,β-unsaturated/α-hetero) is 1. The number of ketones is 1. The van der Waals surface area contributed by atoms with Gasteiger partial charge in [-0.1, -0.05) is 30.3 Å². The van der Waals surface area contributed by atoms with Gasteiger partial charge in [0.2, 0.25) is 0 Å². The molecular formula is C15H10BrNO3. The molecule has 0 unspecified atom stereocenters. The molecule has 0 aliphatic heterocycles. The van der Waals surface area contributed by atoms with Crippen molar-refractivity contribution in [1.82, 2.24) is 0 Å². The maximum absolute atomic E-state index is 12.1. The Morgan fingerprint density at radius 1 is 1.05 bits per heavy atom. The maximum atomic E-state index is 12.1. The van der Waals surface area contributed by atoms with Crippen molar-refractivity contribution in [2.75, 3.05) is 0 Å². The normalized spacial score (nSPS) is 11.2. The van der Waals surface area contributed by atoms with Gasteiger partial charge in [0.05, 0.1) is 9.41 Å². The number of halogens is 1. The molecule has 0 aliphatic rings. The van der Waals surface area contributed by atoms with E-state index in [9.17, 15) is 14.9 Å². The van der Waals surface area contributed by atoms with Gasteiger partial charge in [-0.2, -0.15) is 0 Å². The fourth-order valence-electron chi connectivity index (χ4n) is 1.63. The standard InChI is InChI=1S/C15H10BrNO3/c16-14(15(18)12-4-2-1-3-5-12)10-11-6-8-13(9-7-11)17(19)20/h1-10H. The van der Waals surface area contributed by atoms with Gasteiger partial charge in [-0.05, 0) is 39.7 Å². The summed E-state index contributed by atoms with van der Waals surface area (Å²) in [5.74, 6) is -0.135. The van der Waals surface area contributed by atoms with Crippen molar-refractivity contribution in [3.63, 3.8) is 0 Å². The highest BCUT2D eigenvalue weighted by Gasteiger charge is 2.09. The van der Waals surface area contributed by atoms with Crippen molar-refractivity contribution in [2.45, 2.75) is 0 Å². The zero-order valence-electron chi connectivity index (χ0n) is 10.3. The summed E-state index contributed by atoms with van der Waals surface area (Å²) in [5, 5.41) is 10.6. The van der Waals surface area contributed by atoms with Crippen LogP contribution in [0.25, 0.3) is 6.08 Å². The van der Waals surface area contributed by atoms with E-state index in [0.29, 0.717) is 15.6 Å². The van der Waals surface area contributed by atoms with Crippen molar-refractivity contribution in [1.29, 1.82) is 0 Å². The van der Waals surface area contributed by atoms with E-state index in [2.05, 4.69) is 15.9 Å². The number of nitrogens with zero attached hydrogens (tertiary/aromatic N) is 1. The molecule has 4 nitrogen and oxygen atoms in total. The molecule has 0 radical (unpaired) electrons. The van der Waals surface area contributed by atoms with Crippen LogP contribution in [0.1, 0.15) is 15.9 Å². The van der Waals surface area contributed by atoms with Gasteiger partial charge in [-0.25, -0.2) is 0 Å². The second-order valence-corrected chi connectivity index (χ2v) is 4.89. The van der Waals surface area contributed by atoms with Gasteiger partial charge in [-0.15, -0.1) is 0 Å². The lowest BCUT2D eigenvalue weighted by atomic mass is 10.1.